The molecule has 0 spiro atoms. The van der Waals surface area contributed by atoms with E-state index in [1.165, 1.54) is 11.9 Å². The summed E-state index contributed by atoms with van der Waals surface area (Å²) in [6, 6.07) is 0. The van der Waals surface area contributed by atoms with Crippen LogP contribution in [0, 0.1) is 5.41 Å². The third kappa shape index (κ3) is 2.92. The lowest BCUT2D eigenvalue weighted by Crippen LogP contribution is -2.43. The molecule has 0 aromatic rings. The van der Waals surface area contributed by atoms with Gasteiger partial charge in [0, 0.05) is 13.5 Å². The Morgan fingerprint density at radius 3 is 2.40 bits per heavy atom. The van der Waals surface area contributed by atoms with Crippen molar-refractivity contribution in [2.75, 3.05) is 20.1 Å². The fraction of sp³-hybridized carbons (Fsp3) is 0.800. The molecule has 3 N–H and O–H groups in total. The van der Waals surface area contributed by atoms with Gasteiger partial charge in [-0.3, -0.25) is 9.59 Å². The van der Waals surface area contributed by atoms with Gasteiger partial charge in [0.25, 0.3) is 0 Å². The minimum absolute atomic E-state index is 0.0517. The summed E-state index contributed by atoms with van der Waals surface area (Å²) in [5.41, 5.74) is 5.58. The average molecular weight is 214 g/mol. The Morgan fingerprint density at radius 2 is 2.07 bits per heavy atom. The van der Waals surface area contributed by atoms with E-state index in [4.69, 9.17) is 10.8 Å². The van der Waals surface area contributed by atoms with Crippen molar-refractivity contribution in [2.45, 2.75) is 25.7 Å². The van der Waals surface area contributed by atoms with Crippen molar-refractivity contribution in [3.8, 4) is 0 Å². The van der Waals surface area contributed by atoms with E-state index < -0.39 is 5.97 Å². The van der Waals surface area contributed by atoms with Crippen LogP contribution in [0.1, 0.15) is 25.7 Å². The molecule has 15 heavy (non-hydrogen) atoms. The Hall–Kier alpha value is -1.10. The lowest BCUT2D eigenvalue weighted by Gasteiger charge is -2.41. The predicted molar refractivity (Wildman–Crippen MR) is 55.2 cm³/mol. The molecule has 0 aromatic heterocycles. The van der Waals surface area contributed by atoms with Gasteiger partial charge in [-0.2, -0.15) is 0 Å². The number of nitrogens with zero attached hydrogens (tertiary/aromatic N) is 1. The van der Waals surface area contributed by atoms with E-state index in [1.807, 2.05) is 0 Å². The van der Waals surface area contributed by atoms with Crippen LogP contribution in [0.25, 0.3) is 0 Å². The number of carboxylic acid groups (broad SMARTS) is 1. The van der Waals surface area contributed by atoms with Crippen molar-refractivity contribution in [1.29, 1.82) is 0 Å². The molecule has 1 fully saturated rings. The van der Waals surface area contributed by atoms with Crippen molar-refractivity contribution < 1.29 is 14.7 Å². The standard InChI is InChI=1S/C10H18N2O3/c1-12(6-9(14)15)8(13)5-10(7-11)3-2-4-10/h2-7,11H2,1H3,(H,14,15). The summed E-state index contributed by atoms with van der Waals surface area (Å²) in [7, 11) is 1.51. The molecule has 0 bridgehead atoms. The lowest BCUT2D eigenvalue weighted by atomic mass is 9.66. The highest BCUT2D eigenvalue weighted by Gasteiger charge is 2.38. The van der Waals surface area contributed by atoms with Crippen LogP contribution in [-0.2, 0) is 9.59 Å². The largest absolute Gasteiger partial charge is 0.480 e. The first-order chi connectivity index (χ1) is 6.99. The van der Waals surface area contributed by atoms with Crippen LogP contribution in [0.4, 0.5) is 0 Å². The first-order valence-electron chi connectivity index (χ1n) is 5.15. The topological polar surface area (TPSA) is 83.6 Å². The van der Waals surface area contributed by atoms with Gasteiger partial charge in [0.05, 0.1) is 0 Å². The third-order valence-electron chi connectivity index (χ3n) is 3.17. The molecule has 5 nitrogen and oxygen atoms in total. The smallest absolute Gasteiger partial charge is 0.323 e. The second kappa shape index (κ2) is 4.61. The highest BCUT2D eigenvalue weighted by molar-refractivity contribution is 5.81. The molecule has 5 heteroatoms. The molecular weight excluding hydrogens is 196 g/mol. The Balaban J connectivity index is 2.43. The summed E-state index contributed by atoms with van der Waals surface area (Å²) in [4.78, 5) is 23.3. The maximum absolute atomic E-state index is 11.7. The SMILES string of the molecule is CN(CC(=O)O)C(=O)CC1(CN)CCC1. The number of hydrogen-bond acceptors (Lipinski definition) is 3. The Kier molecular flexibility index (Phi) is 3.68. The van der Waals surface area contributed by atoms with Crippen LogP contribution in [0.2, 0.25) is 0 Å². The van der Waals surface area contributed by atoms with Crippen molar-refractivity contribution >= 4 is 11.9 Å². The molecule has 1 amide bonds. The van der Waals surface area contributed by atoms with E-state index >= 15 is 0 Å². The fourth-order valence-electron chi connectivity index (χ4n) is 1.88. The number of carboxylic acids is 1. The van der Waals surface area contributed by atoms with Crippen LogP contribution in [0.5, 0.6) is 0 Å². The van der Waals surface area contributed by atoms with Gasteiger partial charge in [-0.15, -0.1) is 0 Å². The molecule has 1 saturated carbocycles. The average Bonchev–Trinajstić information content (AvgIpc) is 2.09. The third-order valence-corrected chi connectivity index (χ3v) is 3.17. The van der Waals surface area contributed by atoms with Gasteiger partial charge in [0.2, 0.25) is 5.91 Å². The second-order valence-electron chi connectivity index (χ2n) is 4.38. The molecule has 0 atom stereocenters. The molecule has 1 aliphatic carbocycles. The number of hydrogen-bond donors (Lipinski definition) is 2. The quantitative estimate of drug-likeness (QED) is 0.677. The maximum Gasteiger partial charge on any atom is 0.323 e. The Labute approximate surface area is 89.2 Å². The van der Waals surface area contributed by atoms with Gasteiger partial charge in [-0.05, 0) is 24.8 Å². The van der Waals surface area contributed by atoms with Crippen LogP contribution < -0.4 is 5.73 Å². The normalized spacial score (nSPS) is 18.0. The van der Waals surface area contributed by atoms with E-state index in [2.05, 4.69) is 0 Å². The molecule has 0 heterocycles. The molecule has 1 aliphatic rings. The monoisotopic (exact) mass is 214 g/mol. The summed E-state index contributed by atoms with van der Waals surface area (Å²) < 4.78 is 0. The Morgan fingerprint density at radius 1 is 1.47 bits per heavy atom. The fourth-order valence-corrected chi connectivity index (χ4v) is 1.88. The van der Waals surface area contributed by atoms with Crippen LogP contribution in [0.15, 0.2) is 0 Å². The number of amides is 1. The number of carbonyl (C=O) groups is 2. The second-order valence-corrected chi connectivity index (χ2v) is 4.38. The molecule has 0 aliphatic heterocycles. The predicted octanol–water partition coefficient (Wildman–Crippen LogP) is 0.0485. The van der Waals surface area contributed by atoms with Crippen molar-refractivity contribution in [2.24, 2.45) is 11.1 Å². The molecule has 0 saturated heterocycles. The van der Waals surface area contributed by atoms with Crippen molar-refractivity contribution in [3.63, 3.8) is 0 Å². The van der Waals surface area contributed by atoms with E-state index in [9.17, 15) is 9.59 Å². The number of likely N-dealkylation sites (N-methyl/N-ethyl adjacent to an activating group) is 1. The van der Waals surface area contributed by atoms with Gasteiger partial charge in [-0.25, -0.2) is 0 Å². The number of rotatable bonds is 5. The number of aliphatic carboxylic acids is 1. The molecule has 0 aromatic carbocycles. The zero-order chi connectivity index (χ0) is 11.5. The van der Waals surface area contributed by atoms with Crippen LogP contribution >= 0.6 is 0 Å². The lowest BCUT2D eigenvalue weighted by molar-refractivity contribution is -0.145. The van der Waals surface area contributed by atoms with E-state index in [0.717, 1.165) is 19.3 Å². The zero-order valence-corrected chi connectivity index (χ0v) is 9.03. The van der Waals surface area contributed by atoms with Gasteiger partial charge < -0.3 is 15.7 Å². The van der Waals surface area contributed by atoms with Gasteiger partial charge in [0.15, 0.2) is 0 Å². The minimum atomic E-state index is -0.985. The Bertz CT molecular complexity index is 256. The minimum Gasteiger partial charge on any atom is -0.480 e. The molecule has 86 valence electrons. The molecule has 0 unspecified atom stereocenters. The first kappa shape index (κ1) is 12.0. The summed E-state index contributed by atoms with van der Waals surface area (Å²) in [6.45, 7) is 0.277. The van der Waals surface area contributed by atoms with Crippen molar-refractivity contribution in [1.82, 2.24) is 4.90 Å². The van der Waals surface area contributed by atoms with Crippen LogP contribution in [0.3, 0.4) is 0 Å². The highest BCUT2D eigenvalue weighted by Crippen LogP contribution is 2.43. The molecular formula is C10H18N2O3. The first-order valence-corrected chi connectivity index (χ1v) is 5.15. The number of nitrogens with two attached hydrogens (primary N) is 1. The van der Waals surface area contributed by atoms with Crippen molar-refractivity contribution in [3.05, 3.63) is 0 Å². The van der Waals surface area contributed by atoms with E-state index in [-0.39, 0.29) is 17.9 Å². The molecule has 1 rings (SSSR count). The summed E-state index contributed by atoms with van der Waals surface area (Å²) >= 11 is 0. The van der Waals surface area contributed by atoms with E-state index in [0.29, 0.717) is 13.0 Å². The van der Waals surface area contributed by atoms with Crippen LogP contribution in [-0.4, -0.2) is 42.0 Å². The highest BCUT2D eigenvalue weighted by atomic mass is 16.4. The summed E-state index contributed by atoms with van der Waals surface area (Å²) in [5.74, 6) is -1.11. The van der Waals surface area contributed by atoms with E-state index in [1.54, 1.807) is 0 Å². The summed E-state index contributed by atoms with van der Waals surface area (Å²) in [5, 5.41) is 8.54. The van der Waals surface area contributed by atoms with Gasteiger partial charge in [-0.1, -0.05) is 6.42 Å². The molecule has 0 radical (unpaired) electrons. The van der Waals surface area contributed by atoms with Gasteiger partial charge >= 0.3 is 5.97 Å². The number of carbonyl (C=O) groups excluding carboxylic acids is 1. The maximum atomic E-state index is 11.7. The zero-order valence-electron chi connectivity index (χ0n) is 9.03. The van der Waals surface area contributed by atoms with Gasteiger partial charge in [0.1, 0.15) is 6.54 Å². The summed E-state index contributed by atoms with van der Waals surface area (Å²) in [6.07, 6.45) is 3.46.